The highest BCUT2D eigenvalue weighted by atomic mass is 15.3. The second-order valence-corrected chi connectivity index (χ2v) is 16.0. The summed E-state index contributed by atoms with van der Waals surface area (Å²) in [6.45, 7) is 9.08. The van der Waals surface area contributed by atoms with Crippen LogP contribution in [0, 0.1) is 0 Å². The van der Waals surface area contributed by atoms with Crippen molar-refractivity contribution in [2.24, 2.45) is 4.99 Å². The number of amidine groups is 1. The third-order valence-corrected chi connectivity index (χ3v) is 12.2. The van der Waals surface area contributed by atoms with Crippen molar-refractivity contribution in [1.29, 1.82) is 0 Å². The molecule has 9 aromatic carbocycles. The van der Waals surface area contributed by atoms with Crippen molar-refractivity contribution in [2.45, 2.75) is 38.8 Å². The van der Waals surface area contributed by atoms with E-state index in [0.717, 1.165) is 17.1 Å². The SMILES string of the molecule is CC1(C)N=C(c2ccccc2)N(c2ccc(-c3ccc4c(-c5ccc6ccccc6c5)c5ccccc5c(-c5ccc6ccccc6c5)c4c3)cc2)C1(C)C. The second kappa shape index (κ2) is 12.5. The molecule has 0 unspecified atom stereocenters. The minimum atomic E-state index is -0.264. The molecule has 264 valence electrons. The Morgan fingerprint density at radius 1 is 0.364 bits per heavy atom. The average molecular weight is 707 g/mol. The van der Waals surface area contributed by atoms with E-state index in [9.17, 15) is 0 Å². The molecule has 2 heteroatoms. The molecule has 0 aliphatic carbocycles. The molecule has 9 aromatic rings. The van der Waals surface area contributed by atoms with Crippen molar-refractivity contribution >= 4 is 54.6 Å². The van der Waals surface area contributed by atoms with Gasteiger partial charge in [0.2, 0.25) is 0 Å². The summed E-state index contributed by atoms with van der Waals surface area (Å²) in [7, 11) is 0. The van der Waals surface area contributed by atoms with Crippen LogP contribution in [0.1, 0.15) is 33.3 Å². The molecule has 0 atom stereocenters. The zero-order valence-electron chi connectivity index (χ0n) is 31.7. The molecule has 0 N–H and O–H groups in total. The minimum absolute atomic E-state index is 0.225. The highest BCUT2D eigenvalue weighted by Gasteiger charge is 2.49. The summed E-state index contributed by atoms with van der Waals surface area (Å²) in [5.74, 6) is 1.02. The van der Waals surface area contributed by atoms with Crippen LogP contribution in [0.5, 0.6) is 0 Å². The molecule has 55 heavy (non-hydrogen) atoms. The lowest BCUT2D eigenvalue weighted by Gasteiger charge is -2.41. The second-order valence-electron chi connectivity index (χ2n) is 16.0. The van der Waals surface area contributed by atoms with Crippen LogP contribution in [0.15, 0.2) is 187 Å². The van der Waals surface area contributed by atoms with Crippen molar-refractivity contribution in [3.63, 3.8) is 0 Å². The van der Waals surface area contributed by atoms with Gasteiger partial charge in [0.25, 0.3) is 0 Å². The predicted molar refractivity (Wildman–Crippen MR) is 236 cm³/mol. The van der Waals surface area contributed by atoms with E-state index >= 15 is 0 Å². The Balaban J connectivity index is 1.17. The van der Waals surface area contributed by atoms with Crippen molar-refractivity contribution in [3.8, 4) is 33.4 Å². The van der Waals surface area contributed by atoms with Crippen molar-refractivity contribution < 1.29 is 0 Å². The van der Waals surface area contributed by atoms with Crippen LogP contribution in [-0.4, -0.2) is 16.9 Å². The molecule has 0 fully saturated rings. The molecule has 0 bridgehead atoms. The molecule has 1 heterocycles. The third-order valence-electron chi connectivity index (χ3n) is 12.2. The normalized spacial score (nSPS) is 14.9. The van der Waals surface area contributed by atoms with Crippen LogP contribution in [0.3, 0.4) is 0 Å². The van der Waals surface area contributed by atoms with E-state index < -0.39 is 0 Å². The number of fused-ring (bicyclic) bond motifs is 4. The summed E-state index contributed by atoms with van der Waals surface area (Å²) >= 11 is 0. The first-order valence-electron chi connectivity index (χ1n) is 19.3. The van der Waals surface area contributed by atoms with E-state index in [0.29, 0.717) is 0 Å². The van der Waals surface area contributed by atoms with Crippen LogP contribution in [0.4, 0.5) is 5.69 Å². The Morgan fingerprint density at radius 3 is 1.44 bits per heavy atom. The fraction of sp³-hybridized carbons (Fsp3) is 0.113. The van der Waals surface area contributed by atoms with Gasteiger partial charge in [-0.25, -0.2) is 0 Å². The highest BCUT2D eigenvalue weighted by molar-refractivity contribution is 6.22. The van der Waals surface area contributed by atoms with Crippen molar-refractivity contribution in [1.82, 2.24) is 0 Å². The highest BCUT2D eigenvalue weighted by Crippen LogP contribution is 2.47. The maximum atomic E-state index is 5.29. The number of nitrogens with zero attached hydrogens (tertiary/aromatic N) is 2. The van der Waals surface area contributed by atoms with E-state index in [1.807, 2.05) is 0 Å². The van der Waals surface area contributed by atoms with Gasteiger partial charge in [-0.3, -0.25) is 4.99 Å². The summed E-state index contributed by atoms with van der Waals surface area (Å²) in [4.78, 5) is 7.71. The summed E-state index contributed by atoms with van der Waals surface area (Å²) in [5.41, 5.74) is 9.16. The van der Waals surface area contributed by atoms with Crippen LogP contribution < -0.4 is 4.90 Å². The zero-order chi connectivity index (χ0) is 37.3. The fourth-order valence-electron chi connectivity index (χ4n) is 8.69. The van der Waals surface area contributed by atoms with Gasteiger partial charge in [0.05, 0.1) is 11.1 Å². The number of benzene rings is 9. The Bertz CT molecular complexity index is 2970. The quantitative estimate of drug-likeness (QED) is 0.163. The first-order chi connectivity index (χ1) is 26.8. The van der Waals surface area contributed by atoms with Crippen LogP contribution in [-0.2, 0) is 0 Å². The molecule has 0 aromatic heterocycles. The Hall–Kier alpha value is -6.51. The van der Waals surface area contributed by atoms with Crippen LogP contribution in [0.25, 0.3) is 76.5 Å². The van der Waals surface area contributed by atoms with Crippen molar-refractivity contribution in [2.75, 3.05) is 4.90 Å². The lowest BCUT2D eigenvalue weighted by atomic mass is 9.82. The molecular weight excluding hydrogens is 665 g/mol. The topological polar surface area (TPSA) is 15.6 Å². The van der Waals surface area contributed by atoms with E-state index in [1.165, 1.54) is 76.5 Å². The largest absolute Gasteiger partial charge is 0.318 e. The maximum Gasteiger partial charge on any atom is 0.136 e. The minimum Gasteiger partial charge on any atom is -0.318 e. The van der Waals surface area contributed by atoms with E-state index in [1.54, 1.807) is 0 Å². The van der Waals surface area contributed by atoms with Gasteiger partial charge in [-0.15, -0.1) is 0 Å². The van der Waals surface area contributed by atoms with Crippen LogP contribution in [0.2, 0.25) is 0 Å². The average Bonchev–Trinajstić information content (AvgIpc) is 3.42. The Labute approximate surface area is 323 Å². The van der Waals surface area contributed by atoms with E-state index in [4.69, 9.17) is 4.99 Å². The molecule has 1 aliphatic heterocycles. The summed E-state index contributed by atoms with van der Waals surface area (Å²) < 4.78 is 0. The zero-order valence-corrected chi connectivity index (χ0v) is 31.7. The van der Waals surface area contributed by atoms with E-state index in [2.05, 4.69) is 215 Å². The number of rotatable bonds is 5. The summed E-state index contributed by atoms with van der Waals surface area (Å²) in [5, 5.41) is 10.0. The molecule has 2 nitrogen and oxygen atoms in total. The van der Waals surface area contributed by atoms with Crippen LogP contribution >= 0.6 is 0 Å². The number of hydrogen-bond acceptors (Lipinski definition) is 2. The number of anilines is 1. The van der Waals surface area contributed by atoms with Gasteiger partial charge in [-0.2, -0.15) is 0 Å². The molecule has 1 aliphatic rings. The predicted octanol–water partition coefficient (Wildman–Crippen LogP) is 14.1. The molecular formula is C53H42N2. The fourth-order valence-corrected chi connectivity index (χ4v) is 8.69. The summed E-state index contributed by atoms with van der Waals surface area (Å²) in [6.07, 6.45) is 0. The Morgan fingerprint density at radius 2 is 0.836 bits per heavy atom. The van der Waals surface area contributed by atoms with Gasteiger partial charge >= 0.3 is 0 Å². The number of aliphatic imine (C=N–C) groups is 1. The van der Waals surface area contributed by atoms with Gasteiger partial charge in [-0.05, 0) is 134 Å². The third kappa shape index (κ3) is 5.35. The number of hydrogen-bond donors (Lipinski definition) is 0. The van der Waals surface area contributed by atoms with Gasteiger partial charge in [-0.1, -0.05) is 152 Å². The molecule has 10 rings (SSSR count). The van der Waals surface area contributed by atoms with Gasteiger partial charge in [0.15, 0.2) is 0 Å². The molecule has 0 spiro atoms. The standard InChI is InChI=1S/C53H42N2/c1-52(2)53(3,4)55(51(54-52)38-16-6-5-7-17-38)44-29-26-37(27-30-44)41-28-31-47-48(34-41)50(43-25-23-36-15-9-11-19-40(36)33-43)46-21-13-12-20-45(46)49(47)42-24-22-35-14-8-10-18-39(35)32-42/h5-34H,1-4H3. The first kappa shape index (κ1) is 33.1. The van der Waals surface area contributed by atoms with Gasteiger partial charge in [0, 0.05) is 11.3 Å². The van der Waals surface area contributed by atoms with Gasteiger partial charge in [0.1, 0.15) is 5.84 Å². The Kier molecular flexibility index (Phi) is 7.54. The molecule has 0 radical (unpaired) electrons. The smallest absolute Gasteiger partial charge is 0.136 e. The molecule has 0 amide bonds. The molecule has 0 saturated carbocycles. The maximum absolute atomic E-state index is 5.29. The molecule has 0 saturated heterocycles. The lowest BCUT2D eigenvalue weighted by Crippen LogP contribution is -2.53. The summed E-state index contributed by atoms with van der Waals surface area (Å²) in [6, 6.07) is 66.8. The van der Waals surface area contributed by atoms with E-state index in [-0.39, 0.29) is 11.1 Å². The lowest BCUT2D eigenvalue weighted by molar-refractivity contribution is 0.338. The van der Waals surface area contributed by atoms with Gasteiger partial charge < -0.3 is 4.90 Å². The first-order valence-corrected chi connectivity index (χ1v) is 19.3. The van der Waals surface area contributed by atoms with Crippen molar-refractivity contribution in [3.05, 3.63) is 188 Å². The monoisotopic (exact) mass is 706 g/mol.